The number of benzene rings is 1. The summed E-state index contributed by atoms with van der Waals surface area (Å²) in [7, 11) is -2.37. The minimum absolute atomic E-state index is 0.000647. The van der Waals surface area contributed by atoms with E-state index in [9.17, 15) is 17.2 Å². The molecule has 0 radical (unpaired) electrons. The first-order chi connectivity index (χ1) is 17.5. The number of hydrogen-bond donors (Lipinski definition) is 0. The molecule has 10 nitrogen and oxygen atoms in total. The minimum atomic E-state index is -4.04. The Kier molecular flexibility index (Phi) is 7.46. The lowest BCUT2D eigenvalue weighted by atomic mass is 10.2. The van der Waals surface area contributed by atoms with Crippen molar-refractivity contribution >= 4 is 9.84 Å². The second-order valence-corrected chi connectivity index (χ2v) is 11.3. The summed E-state index contributed by atoms with van der Waals surface area (Å²) in [5.41, 5.74) is 0.580. The highest BCUT2D eigenvalue weighted by Gasteiger charge is 2.36. The van der Waals surface area contributed by atoms with Crippen LogP contribution in [0.1, 0.15) is 44.1 Å². The molecule has 0 fully saturated rings. The van der Waals surface area contributed by atoms with Gasteiger partial charge in [0.15, 0.2) is 27.3 Å². The maximum atomic E-state index is 14.9. The van der Waals surface area contributed by atoms with Crippen LogP contribution < -0.4 is 0 Å². The van der Waals surface area contributed by atoms with Crippen LogP contribution in [0.3, 0.4) is 0 Å². The predicted octanol–water partition coefficient (Wildman–Crippen LogP) is 3.51. The van der Waals surface area contributed by atoms with Gasteiger partial charge in [-0.1, -0.05) is 6.07 Å². The number of hydrogen-bond acceptors (Lipinski definition) is 8. The quantitative estimate of drug-likeness (QED) is 0.322. The Balaban J connectivity index is 1.79. The molecule has 13 heteroatoms. The van der Waals surface area contributed by atoms with Crippen molar-refractivity contribution in [2.45, 2.75) is 50.9 Å². The van der Waals surface area contributed by atoms with Gasteiger partial charge in [0.25, 0.3) is 0 Å². The van der Waals surface area contributed by atoms with Gasteiger partial charge in [-0.3, -0.25) is 9.25 Å². The van der Waals surface area contributed by atoms with Gasteiger partial charge in [-0.15, -0.1) is 10.2 Å². The van der Waals surface area contributed by atoms with Crippen LogP contribution in [0.25, 0.3) is 17.2 Å². The maximum Gasteiger partial charge on any atom is 0.189 e. The van der Waals surface area contributed by atoms with Gasteiger partial charge in [-0.2, -0.15) is 5.10 Å². The van der Waals surface area contributed by atoms with Crippen molar-refractivity contribution in [2.75, 3.05) is 0 Å². The van der Waals surface area contributed by atoms with Gasteiger partial charge in [0.2, 0.25) is 0 Å². The molecule has 0 aliphatic carbocycles. The molecule has 0 saturated heterocycles. The van der Waals surface area contributed by atoms with Crippen LogP contribution in [0.2, 0.25) is 0 Å². The van der Waals surface area contributed by atoms with E-state index in [0.717, 1.165) is 22.3 Å². The van der Waals surface area contributed by atoms with E-state index in [-0.39, 0.29) is 29.3 Å². The lowest BCUT2D eigenvalue weighted by Gasteiger charge is -2.25. The molecule has 196 valence electrons. The third-order valence-corrected chi connectivity index (χ3v) is 7.67. The van der Waals surface area contributed by atoms with Crippen LogP contribution in [0.4, 0.5) is 8.78 Å². The number of aromatic nitrogens is 7. The Morgan fingerprint density at radius 1 is 1.03 bits per heavy atom. The van der Waals surface area contributed by atoms with E-state index in [0.29, 0.717) is 0 Å². The van der Waals surface area contributed by atoms with E-state index in [1.165, 1.54) is 17.7 Å². The van der Waals surface area contributed by atoms with E-state index in [1.807, 2.05) is 6.92 Å². The first kappa shape index (κ1) is 26.5. The first-order valence-electron chi connectivity index (χ1n) is 11.5. The topological polar surface area (TPSA) is 118 Å². The van der Waals surface area contributed by atoms with Crippen molar-refractivity contribution in [3.8, 4) is 17.2 Å². The molecule has 2 atom stereocenters. The standard InChI is InChI=1S/C24H27F2N7O3S/c1-14(2)36-22(23-27-11-15(3)12-28-23)16(4)37(34,35)13-20-29-30-24(19-9-10-32(5)31-19)33(20)21-17(25)7-6-8-18(21)26/h6-12,14,16,22H,13H2,1-5H3/t16-,22+/m0/s1. The molecule has 0 amide bonds. The van der Waals surface area contributed by atoms with E-state index in [4.69, 9.17) is 4.74 Å². The molecule has 0 aliphatic rings. The summed E-state index contributed by atoms with van der Waals surface area (Å²) in [5, 5.41) is 11.2. The molecule has 3 heterocycles. The highest BCUT2D eigenvalue weighted by molar-refractivity contribution is 7.91. The molecule has 0 spiro atoms. The molecule has 4 aromatic rings. The Hall–Kier alpha value is -3.58. The molecule has 1 aromatic carbocycles. The normalized spacial score (nSPS) is 13.7. The van der Waals surface area contributed by atoms with E-state index < -0.39 is 44.3 Å². The number of para-hydroxylation sites is 1. The van der Waals surface area contributed by atoms with E-state index in [2.05, 4.69) is 25.3 Å². The third-order valence-electron chi connectivity index (χ3n) is 5.63. The Morgan fingerprint density at radius 2 is 1.68 bits per heavy atom. The van der Waals surface area contributed by atoms with Gasteiger partial charge in [0.1, 0.15) is 34.9 Å². The van der Waals surface area contributed by atoms with Gasteiger partial charge in [-0.25, -0.2) is 27.2 Å². The van der Waals surface area contributed by atoms with Gasteiger partial charge >= 0.3 is 0 Å². The van der Waals surface area contributed by atoms with Crippen LogP contribution in [0.5, 0.6) is 0 Å². The van der Waals surface area contributed by atoms with Gasteiger partial charge in [0.05, 0.1) is 11.4 Å². The fraction of sp³-hybridized carbons (Fsp3) is 0.375. The molecular formula is C24H27F2N7O3S. The average molecular weight is 532 g/mol. The third kappa shape index (κ3) is 5.57. The summed E-state index contributed by atoms with van der Waals surface area (Å²) >= 11 is 0. The summed E-state index contributed by atoms with van der Waals surface area (Å²) in [5.74, 6) is -2.45. The molecule has 0 saturated carbocycles. The van der Waals surface area contributed by atoms with Crippen molar-refractivity contribution in [3.63, 3.8) is 0 Å². The van der Waals surface area contributed by atoms with E-state index in [1.54, 1.807) is 45.6 Å². The smallest absolute Gasteiger partial charge is 0.189 e. The molecule has 0 unspecified atom stereocenters. The summed E-state index contributed by atoms with van der Waals surface area (Å²) in [6.45, 7) is 6.85. The molecule has 4 rings (SSSR count). The van der Waals surface area contributed by atoms with Crippen LogP contribution in [0, 0.1) is 18.6 Å². The van der Waals surface area contributed by atoms with E-state index >= 15 is 0 Å². The minimum Gasteiger partial charge on any atom is -0.366 e. The van der Waals surface area contributed by atoms with Gasteiger partial charge < -0.3 is 4.74 Å². The fourth-order valence-electron chi connectivity index (χ4n) is 3.77. The Bertz CT molecular complexity index is 1480. The highest BCUT2D eigenvalue weighted by atomic mass is 32.2. The van der Waals surface area contributed by atoms with Gasteiger partial charge in [-0.05, 0) is 51.5 Å². The summed E-state index contributed by atoms with van der Waals surface area (Å²) in [6, 6.07) is 4.94. The summed E-state index contributed by atoms with van der Waals surface area (Å²) < 4.78 is 65.5. The molecule has 0 N–H and O–H groups in total. The zero-order valence-corrected chi connectivity index (χ0v) is 21.8. The van der Waals surface area contributed by atoms with Crippen molar-refractivity contribution in [2.24, 2.45) is 7.05 Å². The first-order valence-corrected chi connectivity index (χ1v) is 13.2. The molecule has 3 aromatic heterocycles. The van der Waals surface area contributed by atoms with Gasteiger partial charge in [0, 0.05) is 25.6 Å². The van der Waals surface area contributed by atoms with Crippen LogP contribution in [0.15, 0.2) is 42.9 Å². The monoisotopic (exact) mass is 531 g/mol. The van der Waals surface area contributed by atoms with Crippen molar-refractivity contribution in [1.82, 2.24) is 34.5 Å². The predicted molar refractivity (Wildman–Crippen MR) is 131 cm³/mol. The molecule has 0 aliphatic heterocycles. The largest absolute Gasteiger partial charge is 0.366 e. The van der Waals surface area contributed by atoms with Crippen LogP contribution in [-0.4, -0.2) is 54.3 Å². The zero-order valence-electron chi connectivity index (χ0n) is 21.0. The number of ether oxygens (including phenoxy) is 1. The lowest BCUT2D eigenvalue weighted by molar-refractivity contribution is 0.00141. The van der Waals surface area contributed by atoms with Crippen molar-refractivity contribution in [3.05, 3.63) is 71.7 Å². The number of aryl methyl sites for hydroxylation is 2. The Labute approximate surface area is 213 Å². The summed E-state index contributed by atoms with van der Waals surface area (Å²) in [4.78, 5) is 8.53. The zero-order chi connectivity index (χ0) is 26.9. The second kappa shape index (κ2) is 10.4. The molecule has 0 bridgehead atoms. The van der Waals surface area contributed by atoms with Crippen LogP contribution in [-0.2, 0) is 27.4 Å². The molecular weight excluding hydrogens is 504 g/mol. The number of nitrogens with zero attached hydrogens (tertiary/aromatic N) is 7. The Morgan fingerprint density at radius 3 is 2.24 bits per heavy atom. The highest BCUT2D eigenvalue weighted by Crippen LogP contribution is 2.30. The van der Waals surface area contributed by atoms with Crippen molar-refractivity contribution in [1.29, 1.82) is 0 Å². The summed E-state index contributed by atoms with van der Waals surface area (Å²) in [6.07, 6.45) is 3.48. The fourth-order valence-corrected chi connectivity index (χ4v) is 5.14. The van der Waals surface area contributed by atoms with Crippen LogP contribution >= 0.6 is 0 Å². The number of sulfone groups is 1. The van der Waals surface area contributed by atoms with Crippen molar-refractivity contribution < 1.29 is 21.9 Å². The lowest BCUT2D eigenvalue weighted by Crippen LogP contribution is -2.32. The molecule has 37 heavy (non-hydrogen) atoms. The number of halogens is 2. The number of rotatable bonds is 9. The average Bonchev–Trinajstić information content (AvgIpc) is 3.43. The maximum absolute atomic E-state index is 14.9. The SMILES string of the molecule is Cc1cnc([C@H](OC(C)C)[C@H](C)S(=O)(=O)Cc2nnc(-c3ccn(C)n3)n2-c2c(F)cccc2F)nc1. The second-order valence-electron chi connectivity index (χ2n) is 8.96.